The van der Waals surface area contributed by atoms with Crippen LogP contribution in [-0.2, 0) is 16.6 Å². The molecule has 0 spiro atoms. The van der Waals surface area contributed by atoms with E-state index in [0.717, 1.165) is 16.6 Å². The number of benzene rings is 4. The van der Waals surface area contributed by atoms with Gasteiger partial charge in [0.25, 0.3) is 21.6 Å². The fraction of sp³-hybridized carbons (Fsp3) is 0.250. The third-order valence-corrected chi connectivity index (χ3v) is 11.3. The Bertz CT molecular complexity index is 2330. The van der Waals surface area contributed by atoms with Crippen LogP contribution in [0.5, 0.6) is 11.5 Å². The lowest BCUT2D eigenvalue weighted by molar-refractivity contribution is -0.384. The van der Waals surface area contributed by atoms with E-state index in [0.29, 0.717) is 74.1 Å². The third kappa shape index (κ3) is 11.4. The van der Waals surface area contributed by atoms with Crippen molar-refractivity contribution in [1.82, 2.24) is 14.6 Å². The molecule has 0 radical (unpaired) electrons. The molecule has 1 fully saturated rings. The van der Waals surface area contributed by atoms with Gasteiger partial charge in [-0.1, -0.05) is 18.2 Å². The van der Waals surface area contributed by atoms with Gasteiger partial charge in [-0.15, -0.1) is 24.9 Å². The number of aromatic nitrogens is 1. The lowest BCUT2D eigenvalue weighted by atomic mass is 10.0. The number of carbonyl (C=O) groups is 1. The van der Waals surface area contributed by atoms with Crippen LogP contribution in [0.1, 0.15) is 22.8 Å². The minimum absolute atomic E-state index is 0.0634. The summed E-state index contributed by atoms with van der Waals surface area (Å²) in [5.74, 6) is -0.143. The first-order chi connectivity index (χ1) is 27.8. The van der Waals surface area contributed by atoms with Crippen molar-refractivity contribution in [3.8, 4) is 22.6 Å². The molecule has 6 rings (SSSR count). The summed E-state index contributed by atoms with van der Waals surface area (Å²) < 4.78 is 77.8. The average molecular weight is 837 g/mol. The van der Waals surface area contributed by atoms with Gasteiger partial charge < -0.3 is 19.7 Å². The molecule has 5 aromatic rings. The van der Waals surface area contributed by atoms with E-state index < -0.39 is 37.8 Å². The molecule has 1 saturated heterocycles. The topological polar surface area (TPSA) is 156 Å². The second-order valence-electron chi connectivity index (χ2n) is 13.0. The van der Waals surface area contributed by atoms with Crippen molar-refractivity contribution in [2.24, 2.45) is 0 Å². The summed E-state index contributed by atoms with van der Waals surface area (Å²) in [6, 6.07) is 25.6. The molecule has 2 N–H and O–H groups in total. The summed E-state index contributed by atoms with van der Waals surface area (Å²) in [6.45, 7) is 5.27. The molecule has 0 atom stereocenters. The van der Waals surface area contributed by atoms with E-state index in [9.17, 15) is 36.5 Å². The Kier molecular flexibility index (Phi) is 13.4. The van der Waals surface area contributed by atoms with E-state index in [1.165, 1.54) is 42.6 Å². The minimum Gasteiger partial charge on any atom is -0.492 e. The predicted molar refractivity (Wildman–Crippen MR) is 215 cm³/mol. The molecule has 18 heteroatoms. The molecular weight excluding hydrogens is 798 g/mol. The SMILES string of the molecule is CCOc1cncc(-c2cc(CN3CCN(c4ccc(C(=O)NS(=O)(=O)c5ccc(NCCSc6ccccc6)c([N+](=O)[O-])c5)cc4)CC3)cc(OC(F)(F)F)c2)c1. The molecule has 0 saturated carbocycles. The second kappa shape index (κ2) is 18.6. The van der Waals surface area contributed by atoms with E-state index in [-0.39, 0.29) is 17.0 Å². The number of anilines is 2. The minimum atomic E-state index is -4.87. The monoisotopic (exact) mass is 836 g/mol. The molecule has 1 aromatic heterocycles. The van der Waals surface area contributed by atoms with Crippen LogP contribution < -0.4 is 24.4 Å². The number of halogens is 3. The maximum Gasteiger partial charge on any atom is 0.573 e. The number of sulfonamides is 1. The van der Waals surface area contributed by atoms with E-state index in [4.69, 9.17) is 4.74 Å². The number of nitrogens with zero attached hydrogens (tertiary/aromatic N) is 4. The zero-order valence-electron chi connectivity index (χ0n) is 31.1. The van der Waals surface area contributed by atoms with Crippen LogP contribution >= 0.6 is 11.8 Å². The zero-order valence-corrected chi connectivity index (χ0v) is 32.8. The second-order valence-corrected chi connectivity index (χ2v) is 15.9. The molecule has 1 aliphatic rings. The highest BCUT2D eigenvalue weighted by Crippen LogP contribution is 2.32. The highest BCUT2D eigenvalue weighted by molar-refractivity contribution is 7.99. The predicted octanol–water partition coefficient (Wildman–Crippen LogP) is 7.60. The number of hydrogen-bond acceptors (Lipinski definition) is 12. The molecular formula is C40H39F3N6O7S2. The quantitative estimate of drug-likeness (QED) is 0.0435. The lowest BCUT2D eigenvalue weighted by Gasteiger charge is -2.36. The lowest BCUT2D eigenvalue weighted by Crippen LogP contribution is -2.46. The fourth-order valence-corrected chi connectivity index (χ4v) is 8.05. The Morgan fingerprint density at radius 1 is 0.914 bits per heavy atom. The van der Waals surface area contributed by atoms with E-state index in [1.54, 1.807) is 42.2 Å². The number of piperazine rings is 1. The Hall–Kier alpha value is -5.85. The molecule has 4 aromatic carbocycles. The van der Waals surface area contributed by atoms with Crippen molar-refractivity contribution in [3.63, 3.8) is 0 Å². The molecule has 304 valence electrons. The van der Waals surface area contributed by atoms with Gasteiger partial charge in [0.2, 0.25) is 0 Å². The van der Waals surface area contributed by atoms with Gasteiger partial charge in [-0.3, -0.25) is 24.8 Å². The van der Waals surface area contributed by atoms with Gasteiger partial charge in [0.1, 0.15) is 17.2 Å². The van der Waals surface area contributed by atoms with Crippen molar-refractivity contribution >= 4 is 44.8 Å². The van der Waals surface area contributed by atoms with Crippen molar-refractivity contribution in [1.29, 1.82) is 0 Å². The van der Waals surface area contributed by atoms with E-state index in [1.807, 2.05) is 42.0 Å². The van der Waals surface area contributed by atoms with Gasteiger partial charge >= 0.3 is 6.36 Å². The smallest absolute Gasteiger partial charge is 0.492 e. The number of nitro groups is 1. The van der Waals surface area contributed by atoms with Crippen LogP contribution in [0.2, 0.25) is 0 Å². The summed E-state index contributed by atoms with van der Waals surface area (Å²) in [5, 5.41) is 14.8. The zero-order chi connectivity index (χ0) is 41.3. The molecule has 1 amide bonds. The summed E-state index contributed by atoms with van der Waals surface area (Å²) in [5.41, 5.74) is 2.25. The maximum atomic E-state index is 13.2. The van der Waals surface area contributed by atoms with Gasteiger partial charge in [-0.05, 0) is 90.8 Å². The maximum absolute atomic E-state index is 13.2. The van der Waals surface area contributed by atoms with Gasteiger partial charge in [-0.25, -0.2) is 13.1 Å². The highest BCUT2D eigenvalue weighted by atomic mass is 32.2. The molecule has 58 heavy (non-hydrogen) atoms. The first kappa shape index (κ1) is 41.8. The number of thioether (sulfide) groups is 1. The van der Waals surface area contributed by atoms with Crippen LogP contribution in [0.25, 0.3) is 11.1 Å². The molecule has 0 unspecified atom stereocenters. The Morgan fingerprint density at radius 2 is 1.64 bits per heavy atom. The van der Waals surface area contributed by atoms with Crippen molar-refractivity contribution in [2.75, 3.05) is 55.3 Å². The Labute approximate surface area is 337 Å². The van der Waals surface area contributed by atoms with Crippen LogP contribution in [-0.4, -0.2) is 80.6 Å². The molecule has 1 aliphatic heterocycles. The van der Waals surface area contributed by atoms with Crippen LogP contribution in [0, 0.1) is 10.1 Å². The van der Waals surface area contributed by atoms with Crippen LogP contribution in [0.4, 0.5) is 30.2 Å². The number of nitrogens with one attached hydrogen (secondary N) is 2. The standard InChI is InChI=1S/C40H39F3N6O7S2/c1-2-55-34-23-31(25-44-26-34)30-20-28(21-33(22-30)56-40(41,42)43)27-47-15-17-48(18-16-47)32-10-8-29(9-11-32)39(50)46-58(53,54)36-12-13-37(38(24-36)49(51)52)45-14-19-57-35-6-4-3-5-7-35/h3-13,20-26,45H,2,14-19,27H2,1H3,(H,46,50). The number of alkyl halides is 3. The van der Waals surface area contributed by atoms with E-state index >= 15 is 0 Å². The number of amides is 1. The normalized spacial score (nSPS) is 13.5. The number of pyridine rings is 1. The highest BCUT2D eigenvalue weighted by Gasteiger charge is 2.32. The third-order valence-electron chi connectivity index (χ3n) is 8.96. The van der Waals surface area contributed by atoms with Gasteiger partial charge in [0, 0.05) is 79.0 Å². The van der Waals surface area contributed by atoms with Crippen molar-refractivity contribution in [2.45, 2.75) is 29.6 Å². The van der Waals surface area contributed by atoms with E-state index in [2.05, 4.69) is 24.8 Å². The fourth-order valence-electron chi connectivity index (χ4n) is 6.27. The number of carbonyl (C=O) groups excluding carboxylic acids is 1. The van der Waals surface area contributed by atoms with Crippen molar-refractivity contribution in [3.05, 3.63) is 131 Å². The Morgan fingerprint density at radius 3 is 2.33 bits per heavy atom. The molecule has 0 bridgehead atoms. The first-order valence-electron chi connectivity index (χ1n) is 18.1. The summed E-state index contributed by atoms with van der Waals surface area (Å²) >= 11 is 1.56. The number of rotatable bonds is 16. The summed E-state index contributed by atoms with van der Waals surface area (Å²) in [6.07, 6.45) is -1.79. The van der Waals surface area contributed by atoms with Crippen molar-refractivity contribution < 1.29 is 40.8 Å². The number of ether oxygens (including phenoxy) is 2. The summed E-state index contributed by atoms with van der Waals surface area (Å²) in [4.78, 5) is 33.1. The average Bonchev–Trinajstić information content (AvgIpc) is 3.19. The van der Waals surface area contributed by atoms with Crippen LogP contribution in [0.15, 0.2) is 119 Å². The molecule has 0 aliphatic carbocycles. The first-order valence-corrected chi connectivity index (χ1v) is 20.6. The largest absolute Gasteiger partial charge is 0.573 e. The molecule has 2 heterocycles. The number of nitro benzene ring substituents is 1. The number of hydrogen-bond donors (Lipinski definition) is 2. The van der Waals surface area contributed by atoms with Gasteiger partial charge in [0.05, 0.1) is 22.6 Å². The molecule has 13 nitrogen and oxygen atoms in total. The van der Waals surface area contributed by atoms with Crippen LogP contribution in [0.3, 0.4) is 0 Å². The summed E-state index contributed by atoms with van der Waals surface area (Å²) in [7, 11) is -4.46. The van der Waals surface area contributed by atoms with Gasteiger partial charge in [0.15, 0.2) is 0 Å². The van der Waals surface area contributed by atoms with Gasteiger partial charge in [-0.2, -0.15) is 0 Å². The Balaban J connectivity index is 1.04.